The summed E-state index contributed by atoms with van der Waals surface area (Å²) in [4.78, 5) is 21.5. The smallest absolute Gasteiger partial charge is 0.266 e. The predicted octanol–water partition coefficient (Wildman–Crippen LogP) is 5.24. The SMILES string of the molecule is O=C(Nc1cc2ccccc2cn1)c1ccc(SCc2ccncc2)s1. The van der Waals surface area contributed by atoms with E-state index in [0.29, 0.717) is 10.7 Å². The summed E-state index contributed by atoms with van der Waals surface area (Å²) in [6.07, 6.45) is 5.36. The van der Waals surface area contributed by atoms with Crippen molar-refractivity contribution in [2.75, 3.05) is 5.32 Å². The number of nitrogens with one attached hydrogen (secondary N) is 1. The molecule has 6 heteroatoms. The summed E-state index contributed by atoms with van der Waals surface area (Å²) >= 11 is 3.21. The summed E-state index contributed by atoms with van der Waals surface area (Å²) in [5.41, 5.74) is 1.21. The van der Waals surface area contributed by atoms with E-state index in [9.17, 15) is 4.79 Å². The number of thiophene rings is 1. The molecule has 0 radical (unpaired) electrons. The summed E-state index contributed by atoms with van der Waals surface area (Å²) in [6.45, 7) is 0. The molecular weight excluding hydrogens is 362 g/mol. The van der Waals surface area contributed by atoms with Crippen LogP contribution < -0.4 is 5.32 Å². The quantitative estimate of drug-likeness (QED) is 0.484. The van der Waals surface area contributed by atoms with E-state index in [1.807, 2.05) is 54.6 Å². The first-order chi connectivity index (χ1) is 12.8. The van der Waals surface area contributed by atoms with Gasteiger partial charge >= 0.3 is 0 Å². The molecule has 0 fully saturated rings. The van der Waals surface area contributed by atoms with Crippen LogP contribution in [0.3, 0.4) is 0 Å². The first-order valence-corrected chi connectivity index (χ1v) is 9.86. The highest BCUT2D eigenvalue weighted by Gasteiger charge is 2.11. The Labute approximate surface area is 159 Å². The molecule has 4 rings (SSSR count). The van der Waals surface area contributed by atoms with Gasteiger partial charge in [0.25, 0.3) is 5.91 Å². The minimum atomic E-state index is -0.131. The zero-order valence-corrected chi connectivity index (χ0v) is 15.4. The number of carbonyl (C=O) groups is 1. The molecule has 128 valence electrons. The topological polar surface area (TPSA) is 54.9 Å². The van der Waals surface area contributed by atoms with E-state index in [1.165, 1.54) is 16.9 Å². The van der Waals surface area contributed by atoms with Gasteiger partial charge in [0.2, 0.25) is 0 Å². The Bertz CT molecular complexity index is 1050. The number of amides is 1. The fourth-order valence-electron chi connectivity index (χ4n) is 2.48. The number of thioether (sulfide) groups is 1. The number of rotatable bonds is 5. The third-order valence-corrected chi connectivity index (χ3v) is 6.19. The number of fused-ring (bicyclic) bond motifs is 1. The number of benzene rings is 1. The fraction of sp³-hybridized carbons (Fsp3) is 0.0500. The van der Waals surface area contributed by atoms with E-state index in [0.717, 1.165) is 20.7 Å². The third kappa shape index (κ3) is 3.92. The number of aromatic nitrogens is 2. The van der Waals surface area contributed by atoms with Crippen molar-refractivity contribution >= 4 is 45.6 Å². The molecule has 3 aromatic heterocycles. The van der Waals surface area contributed by atoms with Crippen molar-refractivity contribution in [3.63, 3.8) is 0 Å². The van der Waals surface area contributed by atoms with Gasteiger partial charge < -0.3 is 5.32 Å². The van der Waals surface area contributed by atoms with E-state index in [1.54, 1.807) is 30.4 Å². The van der Waals surface area contributed by atoms with Crippen LogP contribution in [-0.2, 0) is 5.75 Å². The van der Waals surface area contributed by atoms with Crippen molar-refractivity contribution in [3.05, 3.63) is 83.6 Å². The highest BCUT2D eigenvalue weighted by Crippen LogP contribution is 2.30. The molecule has 0 aliphatic rings. The lowest BCUT2D eigenvalue weighted by Crippen LogP contribution is -2.11. The van der Waals surface area contributed by atoms with Gasteiger partial charge in [-0.15, -0.1) is 23.1 Å². The van der Waals surface area contributed by atoms with Gasteiger partial charge in [-0.1, -0.05) is 24.3 Å². The van der Waals surface area contributed by atoms with E-state index >= 15 is 0 Å². The highest BCUT2D eigenvalue weighted by molar-refractivity contribution is 8.00. The van der Waals surface area contributed by atoms with Crippen LogP contribution in [0.1, 0.15) is 15.2 Å². The van der Waals surface area contributed by atoms with Gasteiger partial charge in [0.15, 0.2) is 0 Å². The number of pyridine rings is 2. The molecule has 26 heavy (non-hydrogen) atoms. The summed E-state index contributed by atoms with van der Waals surface area (Å²) in [7, 11) is 0. The van der Waals surface area contributed by atoms with Gasteiger partial charge in [0, 0.05) is 29.7 Å². The monoisotopic (exact) mass is 377 g/mol. The largest absolute Gasteiger partial charge is 0.306 e. The molecule has 0 atom stereocenters. The maximum atomic E-state index is 12.5. The molecule has 1 amide bonds. The van der Waals surface area contributed by atoms with Crippen LogP contribution in [0.5, 0.6) is 0 Å². The van der Waals surface area contributed by atoms with Crippen LogP contribution >= 0.6 is 23.1 Å². The summed E-state index contributed by atoms with van der Waals surface area (Å²) in [5, 5.41) is 4.99. The van der Waals surface area contributed by atoms with Crippen LogP contribution in [0.4, 0.5) is 5.82 Å². The van der Waals surface area contributed by atoms with Gasteiger partial charge in [-0.3, -0.25) is 9.78 Å². The number of hydrogen-bond acceptors (Lipinski definition) is 5. The Kier molecular flexibility index (Phi) is 4.95. The van der Waals surface area contributed by atoms with E-state index < -0.39 is 0 Å². The molecule has 4 nitrogen and oxygen atoms in total. The maximum absolute atomic E-state index is 12.5. The van der Waals surface area contributed by atoms with Crippen LogP contribution in [0.15, 0.2) is 77.4 Å². The average molecular weight is 377 g/mol. The second-order valence-corrected chi connectivity index (χ2v) is 7.99. The third-order valence-electron chi connectivity index (χ3n) is 3.81. The Morgan fingerprint density at radius 3 is 2.69 bits per heavy atom. The van der Waals surface area contributed by atoms with Crippen molar-refractivity contribution in [2.45, 2.75) is 9.96 Å². The first kappa shape index (κ1) is 16.8. The average Bonchev–Trinajstić information content (AvgIpc) is 3.16. The minimum absolute atomic E-state index is 0.131. The highest BCUT2D eigenvalue weighted by atomic mass is 32.2. The number of hydrogen-bond donors (Lipinski definition) is 1. The summed E-state index contributed by atoms with van der Waals surface area (Å²) < 4.78 is 1.11. The minimum Gasteiger partial charge on any atom is -0.306 e. The molecule has 4 aromatic rings. The lowest BCUT2D eigenvalue weighted by molar-refractivity contribution is 0.103. The lowest BCUT2D eigenvalue weighted by Gasteiger charge is -2.04. The normalized spacial score (nSPS) is 10.8. The summed E-state index contributed by atoms with van der Waals surface area (Å²) in [6, 6.07) is 17.7. The Balaban J connectivity index is 1.42. The molecule has 3 heterocycles. The van der Waals surface area contributed by atoms with Crippen LogP contribution in [0.2, 0.25) is 0 Å². The van der Waals surface area contributed by atoms with Gasteiger partial charge in [-0.05, 0) is 41.3 Å². The van der Waals surface area contributed by atoms with Crippen molar-refractivity contribution in [1.82, 2.24) is 9.97 Å². The lowest BCUT2D eigenvalue weighted by atomic mass is 10.2. The Morgan fingerprint density at radius 1 is 1.04 bits per heavy atom. The molecule has 0 unspecified atom stereocenters. The number of nitrogens with zero attached hydrogens (tertiary/aromatic N) is 2. The van der Waals surface area contributed by atoms with E-state index in [2.05, 4.69) is 15.3 Å². The number of anilines is 1. The fourth-order valence-corrected chi connectivity index (χ4v) is 4.46. The second kappa shape index (κ2) is 7.68. The molecular formula is C20H15N3OS2. The van der Waals surface area contributed by atoms with Crippen molar-refractivity contribution in [2.24, 2.45) is 0 Å². The van der Waals surface area contributed by atoms with Crippen LogP contribution in [0, 0.1) is 0 Å². The molecule has 0 aliphatic carbocycles. The molecule has 0 saturated carbocycles. The number of carbonyl (C=O) groups excluding carboxylic acids is 1. The second-order valence-electron chi connectivity index (χ2n) is 5.63. The molecule has 0 bridgehead atoms. The van der Waals surface area contributed by atoms with Crippen molar-refractivity contribution < 1.29 is 4.79 Å². The van der Waals surface area contributed by atoms with Gasteiger partial charge in [-0.25, -0.2) is 4.98 Å². The summed E-state index contributed by atoms with van der Waals surface area (Å²) in [5.74, 6) is 1.29. The zero-order valence-electron chi connectivity index (χ0n) is 13.8. The van der Waals surface area contributed by atoms with Crippen LogP contribution in [-0.4, -0.2) is 15.9 Å². The van der Waals surface area contributed by atoms with Gasteiger partial charge in [-0.2, -0.15) is 0 Å². The molecule has 1 aromatic carbocycles. The van der Waals surface area contributed by atoms with Gasteiger partial charge in [0.1, 0.15) is 5.82 Å². The van der Waals surface area contributed by atoms with Crippen molar-refractivity contribution in [1.29, 1.82) is 0 Å². The van der Waals surface area contributed by atoms with Crippen molar-refractivity contribution in [3.8, 4) is 0 Å². The standard InChI is InChI=1S/C20H15N3OS2/c24-20(23-18-11-15-3-1-2-4-16(15)12-22-18)17-5-6-19(26-17)25-13-14-7-9-21-10-8-14/h1-12H,13H2,(H,22,23,24). The van der Waals surface area contributed by atoms with Gasteiger partial charge in [0.05, 0.1) is 9.09 Å². The maximum Gasteiger partial charge on any atom is 0.266 e. The van der Waals surface area contributed by atoms with Crippen LogP contribution in [0.25, 0.3) is 10.8 Å². The molecule has 0 aliphatic heterocycles. The van der Waals surface area contributed by atoms with E-state index in [-0.39, 0.29) is 5.91 Å². The zero-order chi connectivity index (χ0) is 17.8. The first-order valence-electron chi connectivity index (χ1n) is 8.06. The predicted molar refractivity (Wildman–Crippen MR) is 108 cm³/mol. The molecule has 0 spiro atoms. The Morgan fingerprint density at radius 2 is 1.85 bits per heavy atom. The Hall–Kier alpha value is -2.70. The molecule has 1 N–H and O–H groups in total. The van der Waals surface area contributed by atoms with E-state index in [4.69, 9.17) is 0 Å². The molecule has 0 saturated heterocycles.